The topological polar surface area (TPSA) is 37.3 Å². The molecule has 2 aliphatic rings. The molecule has 0 atom stereocenters. The minimum Gasteiger partial charge on any atom is -0.393 e. The molecule has 0 unspecified atom stereocenters. The Balaban J connectivity index is 1.70. The highest BCUT2D eigenvalue weighted by Crippen LogP contribution is 2.34. The lowest BCUT2D eigenvalue weighted by Crippen LogP contribution is -2.22. The van der Waals surface area contributed by atoms with Crippen LogP contribution in [0.3, 0.4) is 0 Å². The average Bonchev–Trinajstić information content (AvgIpc) is 2.25. The van der Waals surface area contributed by atoms with Gasteiger partial charge in [0.05, 0.1) is 6.10 Å². The predicted octanol–water partition coefficient (Wildman–Crippen LogP) is 2.69. The number of ketones is 1. The molecule has 0 heterocycles. The van der Waals surface area contributed by atoms with Crippen LogP contribution in [-0.4, -0.2) is 17.0 Å². The van der Waals surface area contributed by atoms with E-state index in [9.17, 15) is 9.90 Å². The summed E-state index contributed by atoms with van der Waals surface area (Å²) in [6, 6.07) is 0. The molecule has 2 saturated carbocycles. The van der Waals surface area contributed by atoms with Gasteiger partial charge in [0.25, 0.3) is 0 Å². The van der Waals surface area contributed by atoms with Gasteiger partial charge in [-0.15, -0.1) is 0 Å². The number of hydrogen-bond acceptors (Lipinski definition) is 2. The van der Waals surface area contributed by atoms with Gasteiger partial charge in [-0.2, -0.15) is 0 Å². The fourth-order valence-corrected chi connectivity index (χ4v) is 3.09. The Morgan fingerprint density at radius 3 is 2.07 bits per heavy atom. The molecule has 0 spiro atoms. The molecule has 0 aromatic carbocycles. The number of aliphatic hydroxyl groups is 1. The summed E-state index contributed by atoms with van der Waals surface area (Å²) in [5, 5.41) is 9.42. The molecule has 0 aromatic heterocycles. The summed E-state index contributed by atoms with van der Waals surface area (Å²) in [5.74, 6) is 2.08. The van der Waals surface area contributed by atoms with E-state index in [0.717, 1.165) is 50.4 Å². The molecule has 0 saturated heterocycles. The van der Waals surface area contributed by atoms with Gasteiger partial charge in [-0.05, 0) is 56.8 Å². The third-order valence-electron chi connectivity index (χ3n) is 4.15. The van der Waals surface area contributed by atoms with Gasteiger partial charge in [-0.1, -0.05) is 0 Å². The standard InChI is InChI=1S/C13H22O2/c14-12-5-1-10(2-6-12)9-11-3-7-13(15)8-4-11/h10-12,14H,1-9H2. The summed E-state index contributed by atoms with van der Waals surface area (Å²) in [7, 11) is 0. The predicted molar refractivity (Wildman–Crippen MR) is 59.5 cm³/mol. The van der Waals surface area contributed by atoms with Crippen molar-refractivity contribution in [2.24, 2.45) is 11.8 Å². The smallest absolute Gasteiger partial charge is 0.132 e. The second-order valence-corrected chi connectivity index (χ2v) is 5.39. The van der Waals surface area contributed by atoms with Crippen molar-refractivity contribution in [2.45, 2.75) is 63.9 Å². The van der Waals surface area contributed by atoms with E-state index in [1.54, 1.807) is 0 Å². The Kier molecular flexibility index (Phi) is 3.79. The van der Waals surface area contributed by atoms with Crippen molar-refractivity contribution in [3.05, 3.63) is 0 Å². The zero-order chi connectivity index (χ0) is 10.7. The Morgan fingerprint density at radius 2 is 1.47 bits per heavy atom. The number of hydrogen-bond donors (Lipinski definition) is 1. The van der Waals surface area contributed by atoms with Crippen LogP contribution in [0.5, 0.6) is 0 Å². The zero-order valence-electron chi connectivity index (χ0n) is 9.45. The lowest BCUT2D eigenvalue weighted by atomic mass is 9.77. The number of rotatable bonds is 2. The zero-order valence-corrected chi connectivity index (χ0v) is 9.45. The lowest BCUT2D eigenvalue weighted by molar-refractivity contribution is -0.121. The Labute approximate surface area is 92.1 Å². The van der Waals surface area contributed by atoms with Gasteiger partial charge in [0.15, 0.2) is 0 Å². The maximum atomic E-state index is 11.1. The normalized spacial score (nSPS) is 34.3. The highest BCUT2D eigenvalue weighted by molar-refractivity contribution is 5.78. The van der Waals surface area contributed by atoms with Gasteiger partial charge >= 0.3 is 0 Å². The summed E-state index contributed by atoms with van der Waals surface area (Å²) in [6.07, 6.45) is 9.55. The molecule has 2 nitrogen and oxygen atoms in total. The van der Waals surface area contributed by atoms with E-state index >= 15 is 0 Å². The van der Waals surface area contributed by atoms with Gasteiger partial charge in [0.1, 0.15) is 5.78 Å². The van der Waals surface area contributed by atoms with Crippen LogP contribution in [0.1, 0.15) is 57.8 Å². The molecule has 2 heteroatoms. The summed E-state index contributed by atoms with van der Waals surface area (Å²) in [6.45, 7) is 0. The minimum atomic E-state index is -0.0332. The highest BCUT2D eigenvalue weighted by atomic mass is 16.3. The summed E-state index contributed by atoms with van der Waals surface area (Å²) in [4.78, 5) is 11.1. The Morgan fingerprint density at radius 1 is 0.933 bits per heavy atom. The molecule has 1 N–H and O–H groups in total. The maximum absolute atomic E-state index is 11.1. The lowest BCUT2D eigenvalue weighted by Gasteiger charge is -2.30. The van der Waals surface area contributed by atoms with Crippen LogP contribution < -0.4 is 0 Å². The largest absolute Gasteiger partial charge is 0.393 e. The average molecular weight is 210 g/mol. The Hall–Kier alpha value is -0.370. The van der Waals surface area contributed by atoms with Crippen LogP contribution in [0.25, 0.3) is 0 Å². The third-order valence-corrected chi connectivity index (χ3v) is 4.15. The molecule has 0 aromatic rings. The molecule has 2 aliphatic carbocycles. The SMILES string of the molecule is O=C1CCC(CC2CCC(O)CC2)CC1. The summed E-state index contributed by atoms with van der Waals surface area (Å²) < 4.78 is 0. The first-order chi connectivity index (χ1) is 7.24. The van der Waals surface area contributed by atoms with Crippen LogP contribution in [0.4, 0.5) is 0 Å². The van der Waals surface area contributed by atoms with Crippen LogP contribution >= 0.6 is 0 Å². The number of carbonyl (C=O) groups is 1. The quantitative estimate of drug-likeness (QED) is 0.761. The van der Waals surface area contributed by atoms with Crippen molar-refractivity contribution in [1.82, 2.24) is 0 Å². The summed E-state index contributed by atoms with van der Waals surface area (Å²) >= 11 is 0. The van der Waals surface area contributed by atoms with Crippen molar-refractivity contribution in [2.75, 3.05) is 0 Å². The van der Waals surface area contributed by atoms with Crippen LogP contribution in [0.2, 0.25) is 0 Å². The third kappa shape index (κ3) is 3.30. The maximum Gasteiger partial charge on any atom is 0.132 e. The van der Waals surface area contributed by atoms with E-state index in [1.165, 1.54) is 19.3 Å². The highest BCUT2D eigenvalue weighted by Gasteiger charge is 2.25. The molecule has 15 heavy (non-hydrogen) atoms. The fraction of sp³-hybridized carbons (Fsp3) is 0.923. The number of carbonyl (C=O) groups excluding carboxylic acids is 1. The van der Waals surface area contributed by atoms with E-state index in [0.29, 0.717) is 5.78 Å². The number of aliphatic hydroxyl groups excluding tert-OH is 1. The van der Waals surface area contributed by atoms with E-state index < -0.39 is 0 Å². The molecule has 2 rings (SSSR count). The van der Waals surface area contributed by atoms with Crippen LogP contribution in [0.15, 0.2) is 0 Å². The van der Waals surface area contributed by atoms with Gasteiger partial charge in [-0.3, -0.25) is 4.79 Å². The van der Waals surface area contributed by atoms with E-state index in [-0.39, 0.29) is 6.10 Å². The second-order valence-electron chi connectivity index (χ2n) is 5.39. The first-order valence-electron chi connectivity index (χ1n) is 6.44. The first kappa shape index (κ1) is 11.1. The molecular weight excluding hydrogens is 188 g/mol. The first-order valence-corrected chi connectivity index (χ1v) is 6.44. The van der Waals surface area contributed by atoms with E-state index in [2.05, 4.69) is 0 Å². The molecule has 2 fully saturated rings. The summed E-state index contributed by atoms with van der Waals surface area (Å²) in [5.41, 5.74) is 0. The molecule has 0 bridgehead atoms. The van der Waals surface area contributed by atoms with Crippen molar-refractivity contribution < 1.29 is 9.90 Å². The van der Waals surface area contributed by atoms with Gasteiger partial charge in [0, 0.05) is 12.8 Å². The Bertz CT molecular complexity index is 207. The van der Waals surface area contributed by atoms with Crippen molar-refractivity contribution in [3.8, 4) is 0 Å². The fourth-order valence-electron chi connectivity index (χ4n) is 3.09. The second kappa shape index (κ2) is 5.11. The minimum absolute atomic E-state index is 0.0332. The van der Waals surface area contributed by atoms with Gasteiger partial charge in [0.2, 0.25) is 0 Å². The molecule has 0 aliphatic heterocycles. The van der Waals surface area contributed by atoms with Gasteiger partial charge < -0.3 is 5.11 Å². The molecule has 86 valence electrons. The van der Waals surface area contributed by atoms with Crippen LogP contribution in [0, 0.1) is 11.8 Å². The molecule has 0 radical (unpaired) electrons. The van der Waals surface area contributed by atoms with Gasteiger partial charge in [-0.25, -0.2) is 0 Å². The van der Waals surface area contributed by atoms with Crippen molar-refractivity contribution in [3.63, 3.8) is 0 Å². The van der Waals surface area contributed by atoms with Crippen LogP contribution in [-0.2, 0) is 4.79 Å². The monoisotopic (exact) mass is 210 g/mol. The number of Topliss-reactive ketones (excluding diaryl/α,β-unsaturated/α-hetero) is 1. The van der Waals surface area contributed by atoms with E-state index in [1.807, 2.05) is 0 Å². The van der Waals surface area contributed by atoms with Crippen molar-refractivity contribution >= 4 is 5.78 Å². The van der Waals surface area contributed by atoms with E-state index in [4.69, 9.17) is 0 Å². The molecular formula is C13H22O2. The molecule has 0 amide bonds. The van der Waals surface area contributed by atoms with Crippen molar-refractivity contribution in [1.29, 1.82) is 0 Å².